The van der Waals surface area contributed by atoms with Crippen LogP contribution in [0.15, 0.2) is 18.2 Å². The Balaban J connectivity index is 1.87. The highest BCUT2D eigenvalue weighted by atomic mass is 16.5. The van der Waals surface area contributed by atoms with Crippen molar-refractivity contribution < 1.29 is 24.2 Å². The number of benzene rings is 1. The summed E-state index contributed by atoms with van der Waals surface area (Å²) in [5.74, 6) is 0.426. The Morgan fingerprint density at radius 1 is 1.23 bits per heavy atom. The molecule has 1 aromatic carbocycles. The molecule has 2 rings (SSSR count). The molecule has 1 saturated carbocycles. The Labute approximate surface area is 154 Å². The van der Waals surface area contributed by atoms with Crippen LogP contribution in [-0.4, -0.2) is 30.7 Å². The first-order valence-corrected chi connectivity index (χ1v) is 9.21. The lowest BCUT2D eigenvalue weighted by atomic mass is 10.0. The summed E-state index contributed by atoms with van der Waals surface area (Å²) in [5.41, 5.74) is 0.916. The van der Waals surface area contributed by atoms with E-state index in [-0.39, 0.29) is 11.8 Å². The first-order valence-electron chi connectivity index (χ1n) is 9.21. The molecular formula is C20H29NO5. The number of carbonyl (C=O) groups excluding carboxylic acids is 1. The summed E-state index contributed by atoms with van der Waals surface area (Å²) in [6.45, 7) is 5.32. The fourth-order valence-corrected chi connectivity index (χ4v) is 3.12. The van der Waals surface area contributed by atoms with Gasteiger partial charge in [-0.1, -0.05) is 19.9 Å². The summed E-state index contributed by atoms with van der Waals surface area (Å²) in [5, 5.41) is 11.9. The summed E-state index contributed by atoms with van der Waals surface area (Å²) in [4.78, 5) is 23.3. The molecule has 1 fully saturated rings. The van der Waals surface area contributed by atoms with Gasteiger partial charge >= 0.3 is 5.97 Å². The summed E-state index contributed by atoms with van der Waals surface area (Å²) >= 11 is 0. The number of rotatable bonds is 9. The third-order valence-corrected chi connectivity index (χ3v) is 4.80. The summed E-state index contributed by atoms with van der Waals surface area (Å²) in [7, 11) is 1.59. The molecule has 1 aromatic rings. The smallest absolute Gasteiger partial charge is 0.306 e. The summed E-state index contributed by atoms with van der Waals surface area (Å²) in [6.07, 6.45) is 2.60. The molecule has 0 spiro atoms. The normalized spacial score (nSPS) is 19.4. The zero-order valence-corrected chi connectivity index (χ0v) is 15.8. The van der Waals surface area contributed by atoms with Crippen LogP contribution in [0.4, 0.5) is 0 Å². The molecule has 6 nitrogen and oxygen atoms in total. The molecule has 144 valence electrons. The average Bonchev–Trinajstić information content (AvgIpc) is 3.10. The Morgan fingerprint density at radius 2 is 1.96 bits per heavy atom. The molecule has 6 heteroatoms. The predicted molar refractivity (Wildman–Crippen MR) is 98.3 cm³/mol. The molecular weight excluding hydrogens is 334 g/mol. The Kier molecular flexibility index (Phi) is 7.30. The minimum atomic E-state index is -0.807. The van der Waals surface area contributed by atoms with E-state index in [1.54, 1.807) is 7.11 Å². The minimum Gasteiger partial charge on any atom is -0.493 e. The Morgan fingerprint density at radius 3 is 2.58 bits per heavy atom. The van der Waals surface area contributed by atoms with Gasteiger partial charge in [-0.05, 0) is 49.3 Å². The molecule has 1 aliphatic rings. The lowest BCUT2D eigenvalue weighted by Crippen LogP contribution is -2.29. The number of methoxy groups -OCH3 is 1. The maximum absolute atomic E-state index is 12.3. The van der Waals surface area contributed by atoms with Crippen molar-refractivity contribution in [2.24, 2.45) is 17.8 Å². The van der Waals surface area contributed by atoms with E-state index >= 15 is 0 Å². The van der Waals surface area contributed by atoms with E-state index in [9.17, 15) is 9.59 Å². The number of amides is 1. The van der Waals surface area contributed by atoms with Gasteiger partial charge in [-0.2, -0.15) is 0 Å². The van der Waals surface area contributed by atoms with Crippen LogP contribution in [0.3, 0.4) is 0 Å². The number of carboxylic acids is 1. The molecule has 0 aromatic heterocycles. The van der Waals surface area contributed by atoms with Gasteiger partial charge in [-0.15, -0.1) is 0 Å². The number of hydrogen-bond acceptors (Lipinski definition) is 4. The van der Waals surface area contributed by atoms with E-state index in [1.165, 1.54) is 0 Å². The van der Waals surface area contributed by atoms with Crippen molar-refractivity contribution in [3.8, 4) is 11.5 Å². The second-order valence-electron chi connectivity index (χ2n) is 7.28. The Hall–Kier alpha value is -2.24. The molecule has 0 radical (unpaired) electrons. The number of nitrogens with one attached hydrogen (secondary N) is 1. The highest BCUT2D eigenvalue weighted by Gasteiger charge is 2.33. The fraction of sp³-hybridized carbons (Fsp3) is 0.600. The van der Waals surface area contributed by atoms with Crippen molar-refractivity contribution >= 4 is 11.9 Å². The van der Waals surface area contributed by atoms with Gasteiger partial charge < -0.3 is 19.9 Å². The van der Waals surface area contributed by atoms with Crippen molar-refractivity contribution in [3.05, 3.63) is 23.8 Å². The molecule has 2 atom stereocenters. The van der Waals surface area contributed by atoms with Crippen molar-refractivity contribution in [3.63, 3.8) is 0 Å². The summed E-state index contributed by atoms with van der Waals surface area (Å²) < 4.78 is 11.2. The van der Waals surface area contributed by atoms with Crippen LogP contribution >= 0.6 is 0 Å². The lowest BCUT2D eigenvalue weighted by Gasteiger charge is -2.14. The third kappa shape index (κ3) is 5.64. The Bertz CT molecular complexity index is 629. The quantitative estimate of drug-likeness (QED) is 0.703. The maximum atomic E-state index is 12.3. The number of hydrogen-bond donors (Lipinski definition) is 2. The summed E-state index contributed by atoms with van der Waals surface area (Å²) in [6, 6.07) is 5.62. The maximum Gasteiger partial charge on any atom is 0.306 e. The van der Waals surface area contributed by atoms with Crippen LogP contribution in [0.1, 0.15) is 45.1 Å². The van der Waals surface area contributed by atoms with E-state index < -0.39 is 11.9 Å². The van der Waals surface area contributed by atoms with E-state index in [0.717, 1.165) is 12.0 Å². The zero-order chi connectivity index (χ0) is 19.1. The molecule has 26 heavy (non-hydrogen) atoms. The third-order valence-electron chi connectivity index (χ3n) is 4.80. The second-order valence-corrected chi connectivity index (χ2v) is 7.28. The van der Waals surface area contributed by atoms with Crippen LogP contribution in [0, 0.1) is 17.8 Å². The number of aliphatic carboxylic acids is 1. The molecule has 0 saturated heterocycles. The van der Waals surface area contributed by atoms with E-state index in [2.05, 4.69) is 19.2 Å². The molecule has 0 heterocycles. The zero-order valence-electron chi connectivity index (χ0n) is 15.8. The SMILES string of the molecule is COc1cc(CNC(=O)[C@@H]2CC[C@H](C(=O)O)C2)ccc1OCCC(C)C. The second kappa shape index (κ2) is 9.46. The van der Waals surface area contributed by atoms with Crippen molar-refractivity contribution in [2.75, 3.05) is 13.7 Å². The molecule has 2 N–H and O–H groups in total. The van der Waals surface area contributed by atoms with E-state index in [1.807, 2.05) is 18.2 Å². The minimum absolute atomic E-state index is 0.0787. The molecule has 0 bridgehead atoms. The van der Waals surface area contributed by atoms with E-state index in [0.29, 0.717) is 49.8 Å². The predicted octanol–water partition coefficient (Wildman–Crippen LogP) is 3.24. The number of carboxylic acid groups (broad SMARTS) is 1. The first-order chi connectivity index (χ1) is 12.4. The molecule has 1 amide bonds. The highest BCUT2D eigenvalue weighted by molar-refractivity contribution is 5.80. The van der Waals surface area contributed by atoms with Gasteiger partial charge in [0.25, 0.3) is 0 Å². The lowest BCUT2D eigenvalue weighted by molar-refractivity contribution is -0.141. The molecule has 0 unspecified atom stereocenters. The largest absolute Gasteiger partial charge is 0.493 e. The van der Waals surface area contributed by atoms with Gasteiger partial charge in [0.1, 0.15) is 0 Å². The topological polar surface area (TPSA) is 84.9 Å². The number of carbonyl (C=O) groups is 2. The van der Waals surface area contributed by atoms with Crippen LogP contribution in [0.5, 0.6) is 11.5 Å². The fourth-order valence-electron chi connectivity index (χ4n) is 3.12. The van der Waals surface area contributed by atoms with Crippen molar-refractivity contribution in [1.29, 1.82) is 0 Å². The van der Waals surface area contributed by atoms with Crippen LogP contribution < -0.4 is 14.8 Å². The van der Waals surface area contributed by atoms with Crippen molar-refractivity contribution in [2.45, 2.75) is 46.1 Å². The van der Waals surface area contributed by atoms with Crippen LogP contribution in [-0.2, 0) is 16.1 Å². The van der Waals surface area contributed by atoms with Crippen LogP contribution in [0.2, 0.25) is 0 Å². The average molecular weight is 363 g/mol. The number of ether oxygens (including phenoxy) is 2. The van der Waals surface area contributed by atoms with Gasteiger partial charge in [-0.25, -0.2) is 0 Å². The van der Waals surface area contributed by atoms with Gasteiger partial charge in [0.2, 0.25) is 5.91 Å². The highest BCUT2D eigenvalue weighted by Crippen LogP contribution is 2.31. The molecule has 1 aliphatic carbocycles. The molecule has 0 aliphatic heterocycles. The standard InChI is InChI=1S/C20H29NO5/c1-13(2)8-9-26-17-7-4-14(10-18(17)25-3)12-21-19(22)15-5-6-16(11-15)20(23)24/h4,7,10,13,15-16H,5-6,8-9,11-12H2,1-3H3,(H,21,22)(H,23,24)/t15-,16+/m1/s1. The van der Waals surface area contributed by atoms with E-state index in [4.69, 9.17) is 14.6 Å². The van der Waals surface area contributed by atoms with Gasteiger partial charge in [0, 0.05) is 12.5 Å². The van der Waals surface area contributed by atoms with Gasteiger partial charge in [0.15, 0.2) is 11.5 Å². The van der Waals surface area contributed by atoms with Gasteiger partial charge in [0.05, 0.1) is 19.6 Å². The van der Waals surface area contributed by atoms with Crippen molar-refractivity contribution in [1.82, 2.24) is 5.32 Å². The van der Waals surface area contributed by atoms with Crippen LogP contribution in [0.25, 0.3) is 0 Å². The van der Waals surface area contributed by atoms with Gasteiger partial charge in [-0.3, -0.25) is 9.59 Å². The first kappa shape index (κ1) is 20.1. The monoisotopic (exact) mass is 363 g/mol.